The van der Waals surface area contributed by atoms with Crippen molar-refractivity contribution >= 4 is 41.5 Å². The van der Waals surface area contributed by atoms with Gasteiger partial charge in [0.25, 0.3) is 0 Å². The molecular weight excluding hydrogens is 420 g/mol. The Bertz CT molecular complexity index is 460. The van der Waals surface area contributed by atoms with Crippen LogP contribution in [0.2, 0.25) is 5.02 Å². The number of halogens is 3. The highest BCUT2D eigenvalue weighted by Gasteiger charge is 2.03. The molecule has 0 amide bonds. The van der Waals surface area contributed by atoms with E-state index in [9.17, 15) is 4.39 Å². The zero-order valence-electron chi connectivity index (χ0n) is 13.0. The zero-order chi connectivity index (χ0) is 15.5. The number of hydrogen-bond donors (Lipinski definition) is 2. The fraction of sp³-hybridized carbons (Fsp3) is 0.533. The van der Waals surface area contributed by atoms with Crippen LogP contribution in [0.5, 0.6) is 5.75 Å². The number of guanidine groups is 1. The lowest BCUT2D eigenvalue weighted by Gasteiger charge is -2.12. The molecule has 0 saturated carbocycles. The molecule has 0 unspecified atom stereocenters. The van der Waals surface area contributed by atoms with Gasteiger partial charge in [-0.05, 0) is 37.5 Å². The highest BCUT2D eigenvalue weighted by Crippen LogP contribution is 2.22. The minimum Gasteiger partial charge on any atom is -0.497 e. The number of aliphatic imine (C=N–C) groups is 1. The summed E-state index contributed by atoms with van der Waals surface area (Å²) in [5.74, 6) is 1.45. The Morgan fingerprint density at radius 3 is 2.73 bits per heavy atom. The summed E-state index contributed by atoms with van der Waals surface area (Å²) >= 11 is 6.19. The summed E-state index contributed by atoms with van der Waals surface area (Å²) < 4.78 is 17.2. The van der Waals surface area contributed by atoms with Crippen LogP contribution in [-0.4, -0.2) is 39.4 Å². The molecule has 1 aromatic rings. The predicted octanol–water partition coefficient (Wildman–Crippen LogP) is 3.42. The molecule has 0 heterocycles. The first kappa shape index (κ1) is 21.2. The molecule has 0 atom stereocenters. The number of nitrogens with one attached hydrogen (secondary N) is 2. The minimum absolute atomic E-state index is 0. The molecule has 0 aliphatic carbocycles. The summed E-state index contributed by atoms with van der Waals surface area (Å²) in [6, 6.07) is 5.65. The monoisotopic (exact) mass is 443 g/mol. The first-order valence-corrected chi connectivity index (χ1v) is 7.49. The molecular formula is C15H24ClFIN3O. The Balaban J connectivity index is 0.00000441. The van der Waals surface area contributed by atoms with Crippen molar-refractivity contribution in [1.29, 1.82) is 0 Å². The smallest absolute Gasteiger partial charge is 0.191 e. The van der Waals surface area contributed by atoms with E-state index >= 15 is 0 Å². The Labute approximate surface area is 153 Å². The van der Waals surface area contributed by atoms with Crippen LogP contribution in [-0.2, 0) is 6.42 Å². The molecule has 0 bridgehead atoms. The largest absolute Gasteiger partial charge is 0.497 e. The van der Waals surface area contributed by atoms with Crippen LogP contribution in [0.3, 0.4) is 0 Å². The first-order chi connectivity index (χ1) is 10.2. The second-order valence-electron chi connectivity index (χ2n) is 4.44. The third-order valence-corrected chi connectivity index (χ3v) is 3.20. The number of rotatable bonds is 8. The molecule has 4 nitrogen and oxygen atoms in total. The maximum atomic E-state index is 12.1. The van der Waals surface area contributed by atoms with E-state index < -0.39 is 0 Å². The summed E-state index contributed by atoms with van der Waals surface area (Å²) in [6.45, 7) is 3.60. The zero-order valence-corrected chi connectivity index (χ0v) is 16.1. The maximum absolute atomic E-state index is 12.1. The van der Waals surface area contributed by atoms with Crippen molar-refractivity contribution in [1.82, 2.24) is 10.6 Å². The van der Waals surface area contributed by atoms with Crippen molar-refractivity contribution in [2.45, 2.75) is 19.8 Å². The van der Waals surface area contributed by atoms with Gasteiger partial charge in [0.1, 0.15) is 5.75 Å². The average Bonchev–Trinajstić information content (AvgIpc) is 2.49. The Morgan fingerprint density at radius 2 is 2.14 bits per heavy atom. The molecule has 0 saturated heterocycles. The number of ether oxygens (including phenoxy) is 1. The Morgan fingerprint density at radius 1 is 1.36 bits per heavy atom. The highest BCUT2D eigenvalue weighted by atomic mass is 127. The van der Waals surface area contributed by atoms with Crippen LogP contribution in [0.4, 0.5) is 4.39 Å². The van der Waals surface area contributed by atoms with Gasteiger partial charge < -0.3 is 15.4 Å². The Hall–Kier alpha value is -0.760. The van der Waals surface area contributed by atoms with Crippen LogP contribution in [0, 0.1) is 0 Å². The van der Waals surface area contributed by atoms with E-state index in [2.05, 4.69) is 15.6 Å². The minimum atomic E-state index is -0.343. The average molecular weight is 444 g/mol. The van der Waals surface area contributed by atoms with Crippen molar-refractivity contribution in [3.63, 3.8) is 0 Å². The van der Waals surface area contributed by atoms with E-state index in [0.717, 1.165) is 24.3 Å². The number of hydrogen-bond acceptors (Lipinski definition) is 2. The molecule has 0 fully saturated rings. The van der Waals surface area contributed by atoms with E-state index in [-0.39, 0.29) is 30.7 Å². The second kappa shape index (κ2) is 12.8. The van der Waals surface area contributed by atoms with Crippen LogP contribution in [0.1, 0.15) is 18.9 Å². The van der Waals surface area contributed by atoms with Crippen molar-refractivity contribution in [2.75, 3.05) is 33.4 Å². The fourth-order valence-electron chi connectivity index (χ4n) is 1.77. The number of nitrogens with zero attached hydrogens (tertiary/aromatic N) is 1. The van der Waals surface area contributed by atoms with Crippen LogP contribution in [0.25, 0.3) is 0 Å². The molecule has 0 aliphatic heterocycles. The van der Waals surface area contributed by atoms with Crippen molar-refractivity contribution in [3.8, 4) is 5.75 Å². The van der Waals surface area contributed by atoms with Gasteiger partial charge in [0, 0.05) is 24.7 Å². The number of methoxy groups -OCH3 is 1. The fourth-order valence-corrected chi connectivity index (χ4v) is 2.03. The van der Waals surface area contributed by atoms with Gasteiger partial charge in [-0.3, -0.25) is 9.38 Å². The molecule has 1 rings (SSSR count). The van der Waals surface area contributed by atoms with Crippen molar-refractivity contribution in [2.24, 2.45) is 4.99 Å². The summed E-state index contributed by atoms with van der Waals surface area (Å²) in [7, 11) is 1.61. The lowest BCUT2D eigenvalue weighted by atomic mass is 10.1. The van der Waals surface area contributed by atoms with Crippen LogP contribution >= 0.6 is 35.6 Å². The van der Waals surface area contributed by atoms with Gasteiger partial charge in [-0.25, -0.2) is 0 Å². The topological polar surface area (TPSA) is 45.7 Å². The normalized spacial score (nSPS) is 10.8. The molecule has 2 N–H and O–H groups in total. The summed E-state index contributed by atoms with van der Waals surface area (Å²) in [5, 5.41) is 7.02. The molecule has 0 aromatic heterocycles. The van der Waals surface area contributed by atoms with Gasteiger partial charge in [0.15, 0.2) is 5.96 Å². The maximum Gasteiger partial charge on any atom is 0.191 e. The molecule has 22 heavy (non-hydrogen) atoms. The van der Waals surface area contributed by atoms with Crippen LogP contribution < -0.4 is 15.4 Å². The van der Waals surface area contributed by atoms with Gasteiger partial charge >= 0.3 is 0 Å². The highest BCUT2D eigenvalue weighted by molar-refractivity contribution is 14.0. The summed E-state index contributed by atoms with van der Waals surface area (Å²) in [6.07, 6.45) is 1.22. The third-order valence-electron chi connectivity index (χ3n) is 2.85. The van der Waals surface area contributed by atoms with E-state index in [1.807, 2.05) is 19.1 Å². The SMILES string of the molecule is CCNC(=NCCCF)NCCc1ccc(OC)cc1Cl.I. The third kappa shape index (κ3) is 8.03. The van der Waals surface area contributed by atoms with Gasteiger partial charge in [-0.15, -0.1) is 24.0 Å². The van der Waals surface area contributed by atoms with E-state index in [1.165, 1.54) is 0 Å². The lowest BCUT2D eigenvalue weighted by Crippen LogP contribution is -2.38. The molecule has 7 heteroatoms. The molecule has 126 valence electrons. The first-order valence-electron chi connectivity index (χ1n) is 7.11. The van der Waals surface area contributed by atoms with E-state index in [4.69, 9.17) is 16.3 Å². The molecule has 0 radical (unpaired) electrons. The summed E-state index contributed by atoms with van der Waals surface area (Å²) in [5.41, 5.74) is 1.05. The standard InChI is InChI=1S/C15H23ClFN3O.HI/c1-3-18-15(19-9-4-8-17)20-10-7-12-5-6-13(21-2)11-14(12)16;/h5-6,11H,3-4,7-10H2,1-2H3,(H2,18,19,20);1H. The molecule has 0 aliphatic rings. The van der Waals surface area contributed by atoms with Gasteiger partial charge in [0.2, 0.25) is 0 Å². The van der Waals surface area contributed by atoms with Gasteiger partial charge in [-0.1, -0.05) is 17.7 Å². The summed E-state index contributed by atoms with van der Waals surface area (Å²) in [4.78, 5) is 4.29. The van der Waals surface area contributed by atoms with E-state index in [0.29, 0.717) is 30.5 Å². The van der Waals surface area contributed by atoms with Gasteiger partial charge in [-0.2, -0.15) is 0 Å². The lowest BCUT2D eigenvalue weighted by molar-refractivity contribution is 0.414. The van der Waals surface area contributed by atoms with Crippen molar-refractivity contribution < 1.29 is 9.13 Å². The number of benzene rings is 1. The second-order valence-corrected chi connectivity index (χ2v) is 4.84. The quantitative estimate of drug-likeness (QED) is 0.280. The molecule has 1 aromatic carbocycles. The van der Waals surface area contributed by atoms with Crippen molar-refractivity contribution in [3.05, 3.63) is 28.8 Å². The number of alkyl halides is 1. The Kier molecular flexibility index (Phi) is 12.3. The van der Waals surface area contributed by atoms with Gasteiger partial charge in [0.05, 0.1) is 13.8 Å². The predicted molar refractivity (Wildman–Crippen MR) is 102 cm³/mol. The van der Waals surface area contributed by atoms with E-state index in [1.54, 1.807) is 13.2 Å². The van der Waals surface area contributed by atoms with Crippen LogP contribution in [0.15, 0.2) is 23.2 Å². The molecule has 0 spiro atoms.